The third kappa shape index (κ3) is 6.04. The molecular weight excluding hydrogens is 560 g/mol. The molecule has 2 aliphatic rings. The van der Waals surface area contributed by atoms with Crippen molar-refractivity contribution in [2.24, 2.45) is 5.84 Å². The molecule has 5 N–H and O–H groups in total. The Balaban J connectivity index is 1.22. The number of amides is 1. The van der Waals surface area contributed by atoms with Crippen molar-refractivity contribution in [2.45, 2.75) is 49.8 Å². The first-order chi connectivity index (χ1) is 19.3. The Kier molecular flexibility index (Phi) is 7.51. The Morgan fingerprint density at radius 2 is 1.85 bits per heavy atom. The van der Waals surface area contributed by atoms with E-state index in [-0.39, 0.29) is 23.6 Å². The summed E-state index contributed by atoms with van der Waals surface area (Å²) in [6, 6.07) is 7.68. The molecule has 0 radical (unpaired) electrons. The average molecular weight is 595 g/mol. The summed E-state index contributed by atoms with van der Waals surface area (Å²) in [5.74, 6) is 4.88. The van der Waals surface area contributed by atoms with Gasteiger partial charge in [0.15, 0.2) is 0 Å². The van der Waals surface area contributed by atoms with Crippen molar-refractivity contribution >= 4 is 39.2 Å². The fourth-order valence-electron chi connectivity index (χ4n) is 5.49. The number of likely N-dealkylation sites (tertiary alicyclic amines) is 1. The summed E-state index contributed by atoms with van der Waals surface area (Å²) in [7, 11) is -4.67. The van der Waals surface area contributed by atoms with Gasteiger partial charge in [0, 0.05) is 67.4 Å². The molecule has 1 amide bonds. The van der Waals surface area contributed by atoms with Crippen LogP contribution in [0.5, 0.6) is 0 Å². The molecule has 0 spiro atoms. The number of carbonyl (C=O) groups is 1. The number of piperidine rings is 1. The van der Waals surface area contributed by atoms with E-state index in [2.05, 4.69) is 30.9 Å². The summed E-state index contributed by atoms with van der Waals surface area (Å²) in [4.78, 5) is 25.6. The number of aromatic nitrogens is 2. The van der Waals surface area contributed by atoms with E-state index >= 15 is 0 Å². The van der Waals surface area contributed by atoms with Gasteiger partial charge < -0.3 is 21.0 Å². The minimum atomic E-state index is -6.31. The molecule has 5 rings (SSSR count). The van der Waals surface area contributed by atoms with E-state index in [9.17, 15) is 20.8 Å². The van der Waals surface area contributed by atoms with Gasteiger partial charge >= 0.3 is 0 Å². The summed E-state index contributed by atoms with van der Waals surface area (Å²) in [6.45, 7) is 3.69. The second-order valence-electron chi connectivity index (χ2n) is 10.7. The maximum atomic E-state index is 14.8. The second-order valence-corrected chi connectivity index (χ2v) is 13.6. The number of hydrogen-bond donors (Lipinski definition) is 5. The number of halogens is 4. The highest BCUT2D eigenvalue weighted by molar-refractivity contribution is 8.37. The Morgan fingerprint density at radius 1 is 1.12 bits per heavy atom. The van der Waals surface area contributed by atoms with E-state index in [1.54, 1.807) is 18.1 Å². The van der Waals surface area contributed by atoms with Crippen molar-refractivity contribution in [2.75, 3.05) is 35.9 Å². The number of anilines is 4. The first-order valence-electron chi connectivity index (χ1n) is 13.3. The lowest BCUT2D eigenvalue weighted by molar-refractivity contribution is 0.0456. The maximum Gasteiger partial charge on any atom is 0.257 e. The van der Waals surface area contributed by atoms with Crippen molar-refractivity contribution in [1.29, 1.82) is 0 Å². The van der Waals surface area contributed by atoms with Crippen LogP contribution in [0, 0.1) is 5.82 Å². The standard InChI is InChI=1S/C27H34F4N8OS/c1-16-10-19(8-9-39(16)26(40)21-11-24(37-32)23(33-2)12-22(21)28)38-14-17-13-34-27(36-25(17)15-38)35-18-4-6-20(7-5-18)41(3,29,30)31/h4-7,11-13,16,19,33,37,41H,8-10,14-15,32H2,1-3H3,(H,34,35,36)/t16-,19-/m1/s1. The quantitative estimate of drug-likeness (QED) is 0.107. The van der Waals surface area contributed by atoms with Crippen LogP contribution >= 0.6 is 10.3 Å². The van der Waals surface area contributed by atoms with Crippen molar-refractivity contribution in [3.63, 3.8) is 0 Å². The number of nitrogens with one attached hydrogen (secondary N) is 3. The number of thiol groups is 1. The summed E-state index contributed by atoms with van der Waals surface area (Å²) in [5, 5.41) is 5.84. The van der Waals surface area contributed by atoms with Crippen LogP contribution < -0.4 is 21.9 Å². The normalized spacial score (nSPS) is 20.2. The Labute approximate surface area is 236 Å². The molecule has 2 atom stereocenters. The van der Waals surface area contributed by atoms with E-state index < -0.39 is 21.0 Å². The fraction of sp³-hybridized carbons (Fsp3) is 0.370. The third-order valence-corrected chi connectivity index (χ3v) is 9.14. The molecule has 0 aliphatic carbocycles. The zero-order valence-corrected chi connectivity index (χ0v) is 23.9. The number of nitrogens with two attached hydrogens (primary N) is 1. The van der Waals surface area contributed by atoms with Gasteiger partial charge in [0.05, 0.1) is 33.0 Å². The molecule has 0 saturated carbocycles. The number of hydrogen-bond acceptors (Lipinski definition) is 8. The van der Waals surface area contributed by atoms with Crippen LogP contribution in [0.1, 0.15) is 41.4 Å². The van der Waals surface area contributed by atoms with E-state index in [0.29, 0.717) is 61.7 Å². The smallest absolute Gasteiger partial charge is 0.257 e. The largest absolute Gasteiger partial charge is 0.386 e. The summed E-state index contributed by atoms with van der Waals surface area (Å²) in [5.41, 5.74) is 5.67. The van der Waals surface area contributed by atoms with Gasteiger partial charge in [0.2, 0.25) is 5.95 Å². The van der Waals surface area contributed by atoms with Crippen LogP contribution in [-0.2, 0) is 13.1 Å². The molecule has 2 aliphatic heterocycles. The first-order valence-corrected chi connectivity index (χ1v) is 15.6. The van der Waals surface area contributed by atoms with Gasteiger partial charge in [0.1, 0.15) is 5.82 Å². The van der Waals surface area contributed by atoms with Crippen LogP contribution in [0.3, 0.4) is 0 Å². The van der Waals surface area contributed by atoms with Gasteiger partial charge in [-0.2, -0.15) is 11.7 Å². The van der Waals surface area contributed by atoms with Crippen molar-refractivity contribution in [3.8, 4) is 0 Å². The minimum Gasteiger partial charge on any atom is -0.386 e. The monoisotopic (exact) mass is 594 g/mol. The lowest BCUT2D eigenvalue weighted by atomic mass is 9.96. The van der Waals surface area contributed by atoms with E-state index in [1.807, 2.05) is 6.92 Å². The number of carbonyl (C=O) groups excluding carboxylic acids is 1. The maximum absolute atomic E-state index is 14.8. The van der Waals surface area contributed by atoms with Gasteiger partial charge in [0.25, 0.3) is 5.91 Å². The Morgan fingerprint density at radius 3 is 2.49 bits per heavy atom. The molecule has 9 nitrogen and oxygen atoms in total. The van der Waals surface area contributed by atoms with Crippen LogP contribution in [0.4, 0.5) is 39.1 Å². The number of nitrogen functional groups attached to an aromatic ring is 1. The molecule has 0 unspecified atom stereocenters. The molecule has 3 aromatic rings. The topological polar surface area (TPSA) is 111 Å². The molecule has 14 heteroatoms. The summed E-state index contributed by atoms with van der Waals surface area (Å²) >= 11 is 0. The Hall–Kier alpha value is -3.62. The second kappa shape index (κ2) is 10.7. The highest BCUT2D eigenvalue weighted by Crippen LogP contribution is 2.77. The molecule has 1 saturated heterocycles. The number of benzene rings is 2. The van der Waals surface area contributed by atoms with E-state index in [1.165, 1.54) is 24.3 Å². The zero-order chi connectivity index (χ0) is 29.6. The molecule has 0 bridgehead atoms. The number of hydrazine groups is 1. The summed E-state index contributed by atoms with van der Waals surface area (Å²) in [6.07, 6.45) is 3.52. The van der Waals surface area contributed by atoms with Crippen LogP contribution in [0.25, 0.3) is 0 Å². The average Bonchev–Trinajstić information content (AvgIpc) is 3.35. The molecule has 3 heterocycles. The van der Waals surface area contributed by atoms with Crippen molar-refractivity contribution in [1.82, 2.24) is 19.8 Å². The SMILES string of the molecule is CNc1cc(F)c(C(=O)N2CC[C@@H](N3Cc4cnc(Nc5ccc([SH](C)(F)(F)F)cc5)nc4C3)C[C@H]2C)cc1NN. The van der Waals surface area contributed by atoms with Crippen molar-refractivity contribution in [3.05, 3.63) is 65.2 Å². The van der Waals surface area contributed by atoms with Gasteiger partial charge in [-0.05, 0) is 56.2 Å². The van der Waals surface area contributed by atoms with Gasteiger partial charge in [-0.25, -0.2) is 14.4 Å². The highest BCUT2D eigenvalue weighted by Gasteiger charge is 2.36. The third-order valence-electron chi connectivity index (χ3n) is 7.74. The van der Waals surface area contributed by atoms with Gasteiger partial charge in [-0.15, -0.1) is 0 Å². The Bertz CT molecular complexity index is 1460. The zero-order valence-electron chi connectivity index (χ0n) is 23.0. The predicted molar refractivity (Wildman–Crippen MR) is 155 cm³/mol. The number of nitrogens with zero attached hydrogens (tertiary/aromatic N) is 4. The molecular formula is C27H34F4N8OS. The fourth-order valence-corrected chi connectivity index (χ4v) is 6.27. The first kappa shape index (κ1) is 28.9. The predicted octanol–water partition coefficient (Wildman–Crippen LogP) is 5.41. The summed E-state index contributed by atoms with van der Waals surface area (Å²) < 4.78 is 55.7. The minimum absolute atomic E-state index is 0.0321. The molecule has 1 aromatic heterocycles. The lowest BCUT2D eigenvalue weighted by Gasteiger charge is -2.41. The number of rotatable bonds is 7. The van der Waals surface area contributed by atoms with Gasteiger partial charge in [-0.1, -0.05) is 0 Å². The highest BCUT2D eigenvalue weighted by atomic mass is 32.4. The van der Waals surface area contributed by atoms with E-state index in [0.717, 1.165) is 23.4 Å². The van der Waals surface area contributed by atoms with E-state index in [4.69, 9.17) is 5.84 Å². The number of fused-ring (bicyclic) bond motifs is 1. The van der Waals surface area contributed by atoms with Gasteiger partial charge in [-0.3, -0.25) is 15.5 Å². The van der Waals surface area contributed by atoms with Crippen molar-refractivity contribution < 1.29 is 20.8 Å². The lowest BCUT2D eigenvalue weighted by Crippen LogP contribution is -2.50. The molecule has 1 fully saturated rings. The molecule has 41 heavy (non-hydrogen) atoms. The van der Waals surface area contributed by atoms with Crippen LogP contribution in [-0.4, -0.2) is 57.6 Å². The molecule has 222 valence electrons. The van der Waals surface area contributed by atoms with Crippen LogP contribution in [0.15, 0.2) is 47.5 Å². The molecule has 2 aromatic carbocycles. The van der Waals surface area contributed by atoms with Crippen LogP contribution in [0.2, 0.25) is 0 Å².